The van der Waals surface area contributed by atoms with Crippen LogP contribution in [0.5, 0.6) is 0 Å². The molecule has 0 amide bonds. The third kappa shape index (κ3) is 18.7. The smallest absolute Gasteiger partial charge is 0.193 e. The predicted octanol–water partition coefficient (Wildman–Crippen LogP) is 18.0. The molecule has 5 fully saturated rings. The Labute approximate surface area is 538 Å². The molecule has 5 saturated heterocycles. The number of hydrogen-bond acceptors (Lipinski definition) is 12. The standard InChI is InChI=1S/C70H132O12Si5/c1-46-39-51-35-37-55-47(2)40-50(74-55)33-31-30-32-34-57(80-85(24,25)68(10,11)12)63-65(82-87(28,29)70(16,17)18)64(81-86(26,27)69(13,14)15)62-56(78-63)38-36-52(76-62)41-49(71)42-54-59(44-58(75-51)48(46)3)77-60(61(54)72-19)43-53(79-84(22,23)67(7,8)9)45-73-83(20,21)66(4,5)6/h32,34,46,50-65H,2-3,30-31,33,35-45H2,1,4-29H3/b34-32+/t46-,50?,51+,52?,53+,54?,55+,56+,57?,58?,59+,60?,61-,62+,63+,64?,65?/m1/s1. The number of carbonyl (C=O) groups is 1. The second-order valence-electron chi connectivity index (χ2n) is 35.5. The van der Waals surface area contributed by atoms with E-state index >= 15 is 4.79 Å². The van der Waals surface area contributed by atoms with Crippen molar-refractivity contribution < 1.29 is 55.3 Å². The van der Waals surface area contributed by atoms with Crippen molar-refractivity contribution in [1.29, 1.82) is 0 Å². The van der Waals surface area contributed by atoms with Gasteiger partial charge in [-0.15, -0.1) is 0 Å². The van der Waals surface area contributed by atoms with Gasteiger partial charge in [0.2, 0.25) is 0 Å². The van der Waals surface area contributed by atoms with Crippen LogP contribution in [0.3, 0.4) is 0 Å². The van der Waals surface area contributed by atoms with Crippen LogP contribution in [0.15, 0.2) is 36.5 Å². The minimum Gasteiger partial charge on any atom is -0.414 e. The molecule has 504 valence electrons. The highest BCUT2D eigenvalue weighted by atomic mass is 28.4. The van der Waals surface area contributed by atoms with Gasteiger partial charge in [0.25, 0.3) is 0 Å². The number of Topliss-reactive ketones (excluding diaryl/α,β-unsaturated/α-hetero) is 1. The van der Waals surface area contributed by atoms with Gasteiger partial charge in [-0.05, 0) is 166 Å². The van der Waals surface area contributed by atoms with Crippen LogP contribution in [-0.4, -0.2) is 153 Å². The molecular formula is C70H132O12Si5. The summed E-state index contributed by atoms with van der Waals surface area (Å²) >= 11 is 0. The van der Waals surface area contributed by atoms with Gasteiger partial charge in [0, 0.05) is 38.7 Å². The second-order valence-corrected chi connectivity index (χ2v) is 59.4. The molecule has 17 atom stereocenters. The number of fused-ring (bicyclic) bond motifs is 2. The van der Waals surface area contributed by atoms with E-state index in [4.69, 9.17) is 57.1 Å². The van der Waals surface area contributed by atoms with Crippen LogP contribution in [0.25, 0.3) is 0 Å². The molecule has 17 heteroatoms. The van der Waals surface area contributed by atoms with E-state index in [0.29, 0.717) is 25.9 Å². The largest absolute Gasteiger partial charge is 0.414 e. The summed E-state index contributed by atoms with van der Waals surface area (Å²) in [5.74, 6) is 0.145. The van der Waals surface area contributed by atoms with Crippen LogP contribution in [0.4, 0.5) is 0 Å². The van der Waals surface area contributed by atoms with Crippen LogP contribution >= 0.6 is 0 Å². The molecule has 0 aromatic heterocycles. The van der Waals surface area contributed by atoms with Crippen LogP contribution in [-0.2, 0) is 55.3 Å². The molecule has 0 N–H and O–H groups in total. The summed E-state index contributed by atoms with van der Waals surface area (Å²) in [5.41, 5.74) is 2.27. The number of rotatable bonds is 14. The first-order valence-corrected chi connectivity index (χ1v) is 48.8. The van der Waals surface area contributed by atoms with Crippen molar-refractivity contribution in [3.05, 3.63) is 36.5 Å². The lowest BCUT2D eigenvalue weighted by Crippen LogP contribution is -2.69. The number of methoxy groups -OCH3 is 1. The molecule has 8 bridgehead atoms. The van der Waals surface area contributed by atoms with Gasteiger partial charge in [-0.25, -0.2) is 0 Å². The van der Waals surface area contributed by atoms with Crippen LogP contribution in [0.2, 0.25) is 90.7 Å². The molecule has 0 spiro atoms. The van der Waals surface area contributed by atoms with Crippen molar-refractivity contribution in [3.8, 4) is 0 Å². The van der Waals surface area contributed by atoms with E-state index in [1.165, 1.54) is 5.57 Å². The van der Waals surface area contributed by atoms with E-state index in [0.717, 1.165) is 56.9 Å². The zero-order valence-electron chi connectivity index (χ0n) is 60.7. The molecule has 0 aliphatic carbocycles. The molecule has 0 aromatic rings. The van der Waals surface area contributed by atoms with Gasteiger partial charge in [-0.2, -0.15) is 0 Å². The molecule has 0 aromatic carbocycles. The summed E-state index contributed by atoms with van der Waals surface area (Å²) in [4.78, 5) is 15.4. The number of allylic oxidation sites excluding steroid dienone is 1. The Balaban J connectivity index is 1.44. The maximum absolute atomic E-state index is 15.4. The summed E-state index contributed by atoms with van der Waals surface area (Å²) in [6.45, 7) is 69.9. The van der Waals surface area contributed by atoms with Crippen molar-refractivity contribution >= 4 is 47.4 Å². The molecule has 0 saturated carbocycles. The normalized spacial score (nSPS) is 34.8. The van der Waals surface area contributed by atoms with Crippen molar-refractivity contribution in [1.82, 2.24) is 0 Å². The van der Waals surface area contributed by atoms with Crippen molar-refractivity contribution in [2.75, 3.05) is 13.7 Å². The molecular weight excluding hydrogens is 1170 g/mol. The third-order valence-electron chi connectivity index (χ3n) is 23.6. The molecule has 87 heavy (non-hydrogen) atoms. The lowest BCUT2D eigenvalue weighted by molar-refractivity contribution is -0.266. The summed E-state index contributed by atoms with van der Waals surface area (Å²) in [5, 5.41) is -0.254. The van der Waals surface area contributed by atoms with Crippen LogP contribution in [0.1, 0.15) is 194 Å². The Morgan fingerprint density at radius 3 is 1.64 bits per heavy atom. The topological polar surface area (TPSA) is 119 Å². The highest BCUT2D eigenvalue weighted by Crippen LogP contribution is 2.50. The summed E-state index contributed by atoms with van der Waals surface area (Å²) in [7, 11) is -10.1. The first-order valence-electron chi connectivity index (χ1n) is 34.3. The maximum Gasteiger partial charge on any atom is 0.193 e. The zero-order chi connectivity index (χ0) is 65.6. The monoisotopic (exact) mass is 1300 g/mol. The Bertz CT molecular complexity index is 2320. The minimum atomic E-state index is -2.52. The molecule has 8 rings (SSSR count). The second kappa shape index (κ2) is 28.5. The van der Waals surface area contributed by atoms with E-state index in [9.17, 15) is 0 Å². The average molecular weight is 1310 g/mol. The molecule has 8 heterocycles. The molecule has 12 nitrogen and oxygen atoms in total. The van der Waals surface area contributed by atoms with Crippen LogP contribution < -0.4 is 0 Å². The quantitative estimate of drug-likeness (QED) is 0.122. The number of hydrogen-bond donors (Lipinski definition) is 0. The predicted molar refractivity (Wildman–Crippen MR) is 371 cm³/mol. The Morgan fingerprint density at radius 2 is 1.08 bits per heavy atom. The van der Waals surface area contributed by atoms with Crippen molar-refractivity contribution in [3.63, 3.8) is 0 Å². The average Bonchev–Trinajstić information content (AvgIpc) is 1.47. The van der Waals surface area contributed by atoms with Gasteiger partial charge in [-0.3, -0.25) is 4.79 Å². The fourth-order valence-corrected chi connectivity index (χ4v) is 18.8. The van der Waals surface area contributed by atoms with E-state index in [2.05, 4.69) is 195 Å². The lowest BCUT2D eigenvalue weighted by Gasteiger charge is -2.56. The van der Waals surface area contributed by atoms with Gasteiger partial charge in [-0.1, -0.05) is 136 Å². The summed E-state index contributed by atoms with van der Waals surface area (Å²) in [6.07, 6.45) is 9.76. The number of ether oxygens (including phenoxy) is 6. The van der Waals surface area contributed by atoms with Crippen LogP contribution in [0, 0.1) is 11.8 Å². The highest BCUT2D eigenvalue weighted by Gasteiger charge is 2.59. The fraction of sp³-hybridized carbons (Fsp3) is 0.900. The molecule has 8 aliphatic heterocycles. The Hall–Kier alpha value is -0.466. The zero-order valence-corrected chi connectivity index (χ0v) is 65.7. The SMILES string of the molecule is C=C1C2C[C@@H]3OC(C[C@@H](CO[Si](C)(C)C(C)(C)C)O[Si](C)(C)C(C)(C)C)[C@H](OC)C3CC(=O)CC3CC[C@@H]4O[C@@H](C(O[Si](C)(C)C(C)(C)C)/C=C/CCCC5CC(=C)[C@H](CC[C@@H](C[C@H]1C)O2)O5)C(O[Si](C)(C)C(C)(C)C)C(O[Si](C)(C)C(C)(C)C)[C@H]4O3. The van der Waals surface area contributed by atoms with Crippen molar-refractivity contribution in [2.45, 2.75) is 376 Å². The first kappa shape index (κ1) is 75.6. The van der Waals surface area contributed by atoms with E-state index < -0.39 is 72.1 Å². The van der Waals surface area contributed by atoms with E-state index in [1.54, 1.807) is 7.11 Å². The number of carbonyl (C=O) groups excluding carboxylic acids is 1. The summed E-state index contributed by atoms with van der Waals surface area (Å²) in [6, 6.07) is 0. The molecule has 8 unspecified atom stereocenters. The van der Waals surface area contributed by atoms with Gasteiger partial charge >= 0.3 is 0 Å². The van der Waals surface area contributed by atoms with Gasteiger partial charge < -0.3 is 50.6 Å². The maximum atomic E-state index is 15.4. The minimum absolute atomic E-state index is 0.00116. The molecule has 8 aliphatic rings. The molecule has 0 radical (unpaired) electrons. The highest BCUT2D eigenvalue weighted by molar-refractivity contribution is 6.76. The lowest BCUT2D eigenvalue weighted by atomic mass is 9.81. The van der Waals surface area contributed by atoms with Crippen molar-refractivity contribution in [2.24, 2.45) is 11.8 Å². The Kier molecular flexibility index (Phi) is 24.7. The first-order chi connectivity index (χ1) is 39.6. The van der Waals surface area contributed by atoms with Gasteiger partial charge in [0.15, 0.2) is 41.6 Å². The van der Waals surface area contributed by atoms with E-state index in [1.807, 2.05) is 0 Å². The Morgan fingerprint density at radius 1 is 0.552 bits per heavy atom. The number of ketones is 1. The van der Waals surface area contributed by atoms with Gasteiger partial charge in [0.1, 0.15) is 30.2 Å². The van der Waals surface area contributed by atoms with Gasteiger partial charge in [0.05, 0.1) is 73.8 Å². The third-order valence-corrected chi connectivity index (χ3v) is 46.0. The fourth-order valence-electron chi connectivity index (χ4n) is 12.6. The summed E-state index contributed by atoms with van der Waals surface area (Å²) < 4.78 is 80.8. The van der Waals surface area contributed by atoms with E-state index in [-0.39, 0.29) is 117 Å².